The third-order valence-corrected chi connectivity index (χ3v) is 3.89. The van der Waals surface area contributed by atoms with Gasteiger partial charge in [-0.2, -0.15) is 0 Å². The van der Waals surface area contributed by atoms with Crippen molar-refractivity contribution in [2.45, 2.75) is 13.0 Å². The van der Waals surface area contributed by atoms with Crippen LogP contribution in [-0.2, 0) is 4.74 Å². The van der Waals surface area contributed by atoms with Crippen LogP contribution < -0.4 is 9.47 Å². The molecule has 3 rings (SSSR count). The lowest BCUT2D eigenvalue weighted by molar-refractivity contribution is 0.105. The number of carbonyl (C=O) groups is 1. The van der Waals surface area contributed by atoms with E-state index in [0.717, 1.165) is 11.1 Å². The van der Waals surface area contributed by atoms with Crippen LogP contribution in [0, 0.1) is 0 Å². The third kappa shape index (κ3) is 2.59. The molecule has 0 aromatic heterocycles. The number of benzene rings is 2. The van der Waals surface area contributed by atoms with Crippen LogP contribution in [0.15, 0.2) is 42.5 Å². The predicted molar refractivity (Wildman–Crippen MR) is 86.1 cm³/mol. The van der Waals surface area contributed by atoms with Gasteiger partial charge in [-0.15, -0.1) is 0 Å². The van der Waals surface area contributed by atoms with Gasteiger partial charge in [0, 0.05) is 18.2 Å². The average Bonchev–Trinajstić information content (AvgIpc) is 2.58. The largest absolute Gasteiger partial charge is 0.493 e. The van der Waals surface area contributed by atoms with Crippen molar-refractivity contribution in [1.29, 1.82) is 0 Å². The average molecular weight is 313 g/mol. The second kappa shape index (κ2) is 6.20. The zero-order valence-corrected chi connectivity index (χ0v) is 13.4. The Balaban J connectivity index is 2.13. The maximum Gasteiger partial charge on any atom is 0.410 e. The minimum atomic E-state index is -0.372. The fourth-order valence-corrected chi connectivity index (χ4v) is 2.84. The first-order valence-electron chi connectivity index (χ1n) is 7.50. The van der Waals surface area contributed by atoms with Crippen molar-refractivity contribution >= 4 is 6.09 Å². The molecule has 5 heteroatoms. The summed E-state index contributed by atoms with van der Waals surface area (Å²) in [7, 11) is 3.33. The Hall–Kier alpha value is -2.69. The van der Waals surface area contributed by atoms with Crippen LogP contribution in [0.1, 0.15) is 24.1 Å². The zero-order valence-electron chi connectivity index (χ0n) is 13.4. The van der Waals surface area contributed by atoms with Crippen molar-refractivity contribution in [2.24, 2.45) is 0 Å². The second-order valence-corrected chi connectivity index (χ2v) is 5.23. The van der Waals surface area contributed by atoms with Crippen LogP contribution in [0.5, 0.6) is 17.2 Å². The van der Waals surface area contributed by atoms with Crippen LogP contribution >= 0.6 is 0 Å². The number of methoxy groups -OCH3 is 1. The van der Waals surface area contributed by atoms with Gasteiger partial charge in [0.15, 0.2) is 11.5 Å². The summed E-state index contributed by atoms with van der Waals surface area (Å²) >= 11 is 0. The molecule has 0 N–H and O–H groups in total. The molecule has 1 atom stereocenters. The number of rotatable bonds is 3. The first kappa shape index (κ1) is 15.2. The molecule has 1 unspecified atom stereocenters. The van der Waals surface area contributed by atoms with Gasteiger partial charge in [0.1, 0.15) is 5.75 Å². The first-order chi connectivity index (χ1) is 11.2. The highest BCUT2D eigenvalue weighted by molar-refractivity contribution is 5.71. The molecule has 0 aliphatic carbocycles. The standard InChI is InChI=1S/C18H19NO4/c1-4-22-18(20)19(2)16-12-8-5-6-10-14(12)23-17-13(16)9-7-11-15(17)21-3/h5-11,16H,4H2,1-3H3. The quantitative estimate of drug-likeness (QED) is 0.860. The van der Waals surface area contributed by atoms with Gasteiger partial charge >= 0.3 is 6.09 Å². The molecule has 23 heavy (non-hydrogen) atoms. The molecule has 2 aromatic rings. The Morgan fingerprint density at radius 2 is 1.91 bits per heavy atom. The molecular formula is C18H19NO4. The van der Waals surface area contributed by atoms with Crippen LogP contribution in [0.3, 0.4) is 0 Å². The predicted octanol–water partition coefficient (Wildman–Crippen LogP) is 3.98. The van der Waals surface area contributed by atoms with Gasteiger partial charge < -0.3 is 14.2 Å². The van der Waals surface area contributed by atoms with Crippen molar-refractivity contribution in [3.8, 4) is 17.2 Å². The number of hydrogen-bond donors (Lipinski definition) is 0. The summed E-state index contributed by atoms with van der Waals surface area (Å²) in [4.78, 5) is 13.8. The smallest absolute Gasteiger partial charge is 0.410 e. The van der Waals surface area contributed by atoms with E-state index in [-0.39, 0.29) is 12.1 Å². The molecule has 1 aliphatic heterocycles. The highest BCUT2D eigenvalue weighted by Gasteiger charge is 2.34. The summed E-state index contributed by atoms with van der Waals surface area (Å²) in [6, 6.07) is 13.1. The number of ether oxygens (including phenoxy) is 3. The summed E-state index contributed by atoms with van der Waals surface area (Å²) in [5, 5.41) is 0. The Labute approximate surface area is 135 Å². The van der Waals surface area contributed by atoms with E-state index >= 15 is 0 Å². The molecule has 1 amide bonds. The molecule has 0 saturated heterocycles. The molecule has 0 spiro atoms. The SMILES string of the molecule is CCOC(=O)N(C)C1c2ccccc2Oc2c(OC)cccc21. The summed E-state index contributed by atoms with van der Waals surface area (Å²) in [6.07, 6.45) is -0.372. The van der Waals surface area contributed by atoms with Crippen LogP contribution in [-0.4, -0.2) is 31.8 Å². The maximum absolute atomic E-state index is 12.2. The molecule has 0 saturated carbocycles. The number of hydrogen-bond acceptors (Lipinski definition) is 4. The third-order valence-electron chi connectivity index (χ3n) is 3.89. The second-order valence-electron chi connectivity index (χ2n) is 5.23. The van der Waals surface area contributed by atoms with Gasteiger partial charge in [-0.25, -0.2) is 4.79 Å². The molecule has 120 valence electrons. The first-order valence-corrected chi connectivity index (χ1v) is 7.50. The Bertz CT molecular complexity index is 729. The fourth-order valence-electron chi connectivity index (χ4n) is 2.84. The normalized spacial score (nSPS) is 15.0. The van der Waals surface area contributed by atoms with E-state index in [9.17, 15) is 4.79 Å². The number of para-hydroxylation sites is 2. The summed E-state index contributed by atoms with van der Waals surface area (Å²) in [5.41, 5.74) is 1.79. The van der Waals surface area contributed by atoms with E-state index < -0.39 is 0 Å². The molecule has 1 aliphatic rings. The lowest BCUT2D eigenvalue weighted by Gasteiger charge is -2.34. The van der Waals surface area contributed by atoms with Crippen molar-refractivity contribution in [3.05, 3.63) is 53.6 Å². The Morgan fingerprint density at radius 3 is 2.65 bits per heavy atom. The van der Waals surface area contributed by atoms with Crippen molar-refractivity contribution in [1.82, 2.24) is 4.90 Å². The van der Waals surface area contributed by atoms with Crippen molar-refractivity contribution in [3.63, 3.8) is 0 Å². The van der Waals surface area contributed by atoms with Crippen LogP contribution in [0.4, 0.5) is 4.79 Å². The minimum Gasteiger partial charge on any atom is -0.493 e. The van der Waals surface area contributed by atoms with Gasteiger partial charge in [-0.05, 0) is 19.1 Å². The molecule has 1 heterocycles. The molecular weight excluding hydrogens is 294 g/mol. The van der Waals surface area contributed by atoms with Gasteiger partial charge in [0.25, 0.3) is 0 Å². The molecule has 2 aromatic carbocycles. The maximum atomic E-state index is 12.2. The number of carbonyl (C=O) groups excluding carboxylic acids is 1. The number of amides is 1. The molecule has 5 nitrogen and oxygen atoms in total. The summed E-state index contributed by atoms with van der Waals surface area (Å²) < 4.78 is 16.6. The van der Waals surface area contributed by atoms with Gasteiger partial charge in [0.05, 0.1) is 19.8 Å². The number of nitrogens with zero attached hydrogens (tertiary/aromatic N) is 1. The molecule has 0 radical (unpaired) electrons. The van der Waals surface area contributed by atoms with Gasteiger partial charge in [-0.3, -0.25) is 4.90 Å². The fraction of sp³-hybridized carbons (Fsp3) is 0.278. The topological polar surface area (TPSA) is 48.0 Å². The highest BCUT2D eigenvalue weighted by atomic mass is 16.6. The van der Waals surface area contributed by atoms with E-state index in [0.29, 0.717) is 23.9 Å². The monoisotopic (exact) mass is 313 g/mol. The van der Waals surface area contributed by atoms with E-state index in [1.807, 2.05) is 42.5 Å². The highest BCUT2D eigenvalue weighted by Crippen LogP contribution is 2.49. The van der Waals surface area contributed by atoms with E-state index in [2.05, 4.69) is 0 Å². The zero-order chi connectivity index (χ0) is 16.4. The molecule has 0 bridgehead atoms. The van der Waals surface area contributed by atoms with E-state index in [4.69, 9.17) is 14.2 Å². The minimum absolute atomic E-state index is 0.288. The van der Waals surface area contributed by atoms with Crippen LogP contribution in [0.2, 0.25) is 0 Å². The van der Waals surface area contributed by atoms with Crippen molar-refractivity contribution < 1.29 is 19.0 Å². The Kier molecular flexibility index (Phi) is 4.10. The summed E-state index contributed by atoms with van der Waals surface area (Å²) in [6.45, 7) is 2.12. The van der Waals surface area contributed by atoms with E-state index in [1.54, 1.807) is 26.0 Å². The van der Waals surface area contributed by atoms with Crippen LogP contribution in [0.25, 0.3) is 0 Å². The van der Waals surface area contributed by atoms with E-state index in [1.165, 1.54) is 0 Å². The molecule has 0 fully saturated rings. The van der Waals surface area contributed by atoms with Gasteiger partial charge in [-0.1, -0.05) is 30.3 Å². The summed E-state index contributed by atoms with van der Waals surface area (Å²) in [5.74, 6) is 1.99. The number of fused-ring (bicyclic) bond motifs is 2. The Morgan fingerprint density at radius 1 is 1.17 bits per heavy atom. The van der Waals surface area contributed by atoms with Gasteiger partial charge in [0.2, 0.25) is 0 Å². The van der Waals surface area contributed by atoms with Crippen molar-refractivity contribution in [2.75, 3.05) is 20.8 Å². The lowest BCUT2D eigenvalue weighted by Crippen LogP contribution is -2.34. The lowest BCUT2D eigenvalue weighted by atomic mass is 9.93.